The van der Waals surface area contributed by atoms with Gasteiger partial charge < -0.3 is 0 Å². The summed E-state index contributed by atoms with van der Waals surface area (Å²) in [6.45, 7) is 4.71. The summed E-state index contributed by atoms with van der Waals surface area (Å²) in [5.41, 5.74) is 8.09. The monoisotopic (exact) mass is 392 g/mol. The number of thiophene rings is 1. The summed E-state index contributed by atoms with van der Waals surface area (Å²) in [6.07, 6.45) is 6.31. The van der Waals surface area contributed by atoms with Gasteiger partial charge in [0.1, 0.15) is 0 Å². The Labute approximate surface area is 169 Å². The third kappa shape index (κ3) is 3.92. The van der Waals surface area contributed by atoms with E-state index in [1.807, 2.05) is 42.8 Å². The number of amides is 1. The molecule has 4 rings (SSSR count). The lowest BCUT2D eigenvalue weighted by molar-refractivity contribution is 0.0959. The van der Waals surface area contributed by atoms with Crippen LogP contribution in [0.3, 0.4) is 0 Å². The first kappa shape index (κ1) is 18.6. The van der Waals surface area contributed by atoms with E-state index in [1.54, 1.807) is 17.6 Å². The lowest BCUT2D eigenvalue weighted by atomic mass is 9.99. The fourth-order valence-corrected chi connectivity index (χ4v) is 4.76. The van der Waals surface area contributed by atoms with Crippen LogP contribution in [0.2, 0.25) is 0 Å². The van der Waals surface area contributed by atoms with Crippen LogP contribution in [0.15, 0.2) is 41.5 Å². The number of nitrogens with one attached hydrogen (secondary N) is 1. The van der Waals surface area contributed by atoms with Gasteiger partial charge in [-0.05, 0) is 56.7 Å². The van der Waals surface area contributed by atoms with Crippen LogP contribution < -0.4 is 5.43 Å². The zero-order valence-electron chi connectivity index (χ0n) is 16.2. The second-order valence-corrected chi connectivity index (χ2v) is 8.33. The van der Waals surface area contributed by atoms with Crippen LogP contribution in [-0.4, -0.2) is 21.9 Å². The predicted octanol–water partition coefficient (Wildman–Crippen LogP) is 4.25. The Hall–Kier alpha value is -2.73. The van der Waals surface area contributed by atoms with Crippen molar-refractivity contribution in [2.45, 2.75) is 46.1 Å². The van der Waals surface area contributed by atoms with E-state index in [0.717, 1.165) is 34.7 Å². The number of carbonyl (C=O) groups is 1. The fraction of sp³-hybridized carbons (Fsp3) is 0.318. The first-order chi connectivity index (χ1) is 13.6. The van der Waals surface area contributed by atoms with Gasteiger partial charge in [-0.1, -0.05) is 30.3 Å². The highest BCUT2D eigenvalue weighted by Gasteiger charge is 2.17. The molecule has 2 heterocycles. The maximum absolute atomic E-state index is 12.4. The molecule has 6 heteroatoms. The molecular formula is C22H24N4OS. The van der Waals surface area contributed by atoms with Gasteiger partial charge in [0.2, 0.25) is 0 Å². The zero-order valence-corrected chi connectivity index (χ0v) is 17.1. The predicted molar refractivity (Wildman–Crippen MR) is 113 cm³/mol. The molecule has 1 aromatic carbocycles. The average molecular weight is 393 g/mol. The molecule has 0 bridgehead atoms. The van der Waals surface area contributed by atoms with Crippen LogP contribution in [-0.2, 0) is 19.4 Å². The van der Waals surface area contributed by atoms with Gasteiger partial charge in [0.25, 0.3) is 5.91 Å². The maximum atomic E-state index is 12.4. The zero-order chi connectivity index (χ0) is 19.5. The number of rotatable bonds is 5. The third-order valence-corrected chi connectivity index (χ3v) is 6.43. The number of benzene rings is 1. The first-order valence-electron chi connectivity index (χ1n) is 9.64. The molecule has 0 fully saturated rings. The van der Waals surface area contributed by atoms with Crippen LogP contribution in [0.5, 0.6) is 0 Å². The van der Waals surface area contributed by atoms with E-state index in [1.165, 1.54) is 28.8 Å². The lowest BCUT2D eigenvalue weighted by Crippen LogP contribution is -2.16. The largest absolute Gasteiger partial charge is 0.281 e. The summed E-state index contributed by atoms with van der Waals surface area (Å²) in [5, 5.41) is 8.82. The molecule has 144 valence electrons. The van der Waals surface area contributed by atoms with E-state index < -0.39 is 0 Å². The number of hydrogen-bond donors (Lipinski definition) is 1. The van der Waals surface area contributed by atoms with Gasteiger partial charge in [0, 0.05) is 16.1 Å². The molecule has 0 saturated heterocycles. The lowest BCUT2D eigenvalue weighted by Gasteiger charge is -2.08. The van der Waals surface area contributed by atoms with Crippen molar-refractivity contribution in [1.29, 1.82) is 0 Å². The number of hydrazone groups is 1. The molecule has 1 aliphatic rings. The normalized spacial score (nSPS) is 13.6. The summed E-state index contributed by atoms with van der Waals surface area (Å²) in [5.74, 6) is -0.136. The van der Waals surface area contributed by atoms with Crippen LogP contribution in [0, 0.1) is 13.8 Å². The highest BCUT2D eigenvalue weighted by atomic mass is 32.1. The SMILES string of the molecule is Cc1nn(Cc2ccccc2)c(C)c1/C=N/NC(=O)c1cc2c(s1)CCCC2. The molecule has 0 unspecified atom stereocenters. The fourth-order valence-electron chi connectivity index (χ4n) is 3.62. The number of nitrogens with zero attached hydrogens (tertiary/aromatic N) is 3. The first-order valence-corrected chi connectivity index (χ1v) is 10.5. The van der Waals surface area contributed by atoms with Crippen molar-refractivity contribution in [3.8, 4) is 0 Å². The molecule has 3 aromatic rings. The van der Waals surface area contributed by atoms with Crippen molar-refractivity contribution in [3.05, 3.63) is 74.2 Å². The maximum Gasteiger partial charge on any atom is 0.281 e. The van der Waals surface area contributed by atoms with Gasteiger partial charge in [-0.3, -0.25) is 9.48 Å². The Morgan fingerprint density at radius 2 is 2.04 bits per heavy atom. The Balaban J connectivity index is 1.44. The smallest absolute Gasteiger partial charge is 0.266 e. The van der Waals surface area contributed by atoms with Crippen LogP contribution in [0.1, 0.15) is 55.5 Å². The Bertz CT molecular complexity index is 993. The van der Waals surface area contributed by atoms with Crippen molar-refractivity contribution in [1.82, 2.24) is 15.2 Å². The standard InChI is InChI=1S/C22H24N4OS/c1-15-19(16(2)26(25-15)14-17-8-4-3-5-9-17)13-23-24-22(27)21-12-18-10-6-7-11-20(18)28-21/h3-5,8-9,12-13H,6-7,10-11,14H2,1-2H3,(H,24,27)/b23-13+. The molecule has 1 aliphatic carbocycles. The molecule has 5 nitrogen and oxygen atoms in total. The number of hydrogen-bond acceptors (Lipinski definition) is 4. The highest BCUT2D eigenvalue weighted by molar-refractivity contribution is 7.14. The summed E-state index contributed by atoms with van der Waals surface area (Å²) >= 11 is 1.60. The van der Waals surface area contributed by atoms with Crippen molar-refractivity contribution < 1.29 is 4.79 Å². The minimum atomic E-state index is -0.136. The molecule has 0 spiro atoms. The van der Waals surface area contributed by atoms with Crippen molar-refractivity contribution in [3.63, 3.8) is 0 Å². The molecule has 0 aliphatic heterocycles. The third-order valence-electron chi connectivity index (χ3n) is 5.19. The van der Waals surface area contributed by atoms with Gasteiger partial charge in [-0.15, -0.1) is 11.3 Å². The molecule has 2 aromatic heterocycles. The Morgan fingerprint density at radius 1 is 1.25 bits per heavy atom. The number of fused-ring (bicyclic) bond motifs is 1. The van der Waals surface area contributed by atoms with Gasteiger partial charge in [0.15, 0.2) is 0 Å². The van der Waals surface area contributed by atoms with Gasteiger partial charge in [-0.2, -0.15) is 10.2 Å². The minimum Gasteiger partial charge on any atom is -0.266 e. The van der Waals surface area contributed by atoms with E-state index >= 15 is 0 Å². The highest BCUT2D eigenvalue weighted by Crippen LogP contribution is 2.29. The van der Waals surface area contributed by atoms with Crippen LogP contribution >= 0.6 is 11.3 Å². The van der Waals surface area contributed by atoms with Crippen molar-refractivity contribution in [2.75, 3.05) is 0 Å². The topological polar surface area (TPSA) is 59.3 Å². The molecule has 1 N–H and O–H groups in total. The number of carbonyl (C=O) groups excluding carboxylic acids is 1. The van der Waals surface area contributed by atoms with Crippen molar-refractivity contribution >= 4 is 23.5 Å². The summed E-state index contributed by atoms with van der Waals surface area (Å²) in [6, 6.07) is 12.3. The van der Waals surface area contributed by atoms with E-state index in [4.69, 9.17) is 0 Å². The minimum absolute atomic E-state index is 0.136. The van der Waals surface area contributed by atoms with Crippen LogP contribution in [0.25, 0.3) is 0 Å². The van der Waals surface area contributed by atoms with Gasteiger partial charge >= 0.3 is 0 Å². The van der Waals surface area contributed by atoms with E-state index in [-0.39, 0.29) is 5.91 Å². The number of aromatic nitrogens is 2. The Kier molecular flexibility index (Phi) is 5.39. The molecule has 0 saturated carbocycles. The summed E-state index contributed by atoms with van der Waals surface area (Å²) in [4.78, 5) is 14.5. The molecular weight excluding hydrogens is 368 g/mol. The molecule has 28 heavy (non-hydrogen) atoms. The second-order valence-electron chi connectivity index (χ2n) is 7.19. The number of aryl methyl sites for hydroxylation is 3. The summed E-state index contributed by atoms with van der Waals surface area (Å²) < 4.78 is 1.97. The average Bonchev–Trinajstić information content (AvgIpc) is 3.25. The van der Waals surface area contributed by atoms with Gasteiger partial charge in [0.05, 0.1) is 23.3 Å². The van der Waals surface area contributed by atoms with E-state index in [9.17, 15) is 4.79 Å². The van der Waals surface area contributed by atoms with E-state index in [2.05, 4.69) is 27.8 Å². The molecule has 0 atom stereocenters. The second kappa shape index (κ2) is 8.10. The van der Waals surface area contributed by atoms with Gasteiger partial charge in [-0.25, -0.2) is 5.43 Å². The van der Waals surface area contributed by atoms with Crippen molar-refractivity contribution in [2.24, 2.45) is 5.10 Å². The van der Waals surface area contributed by atoms with E-state index in [0.29, 0.717) is 6.54 Å². The summed E-state index contributed by atoms with van der Waals surface area (Å²) in [7, 11) is 0. The quantitative estimate of drug-likeness (QED) is 0.521. The molecule has 0 radical (unpaired) electrons. The Morgan fingerprint density at radius 3 is 2.82 bits per heavy atom. The van der Waals surface area contributed by atoms with Crippen LogP contribution in [0.4, 0.5) is 0 Å². The molecule has 1 amide bonds.